The smallest absolute Gasteiger partial charge is 0.278 e. The molecule has 0 aromatic heterocycles. The van der Waals surface area contributed by atoms with Gasteiger partial charge in [-0.2, -0.15) is 0 Å². The molecule has 4 nitrogen and oxygen atoms in total. The van der Waals surface area contributed by atoms with Crippen molar-refractivity contribution in [3.05, 3.63) is 81.9 Å². The molecule has 0 atom stereocenters. The molecule has 0 spiro atoms. The molecule has 2 aromatic carbocycles. The molecule has 0 bridgehead atoms. The van der Waals surface area contributed by atoms with Crippen LogP contribution in [0.2, 0.25) is 0 Å². The molecule has 0 N–H and O–H groups in total. The number of hydrogen-bond donors (Lipinski definition) is 0. The molecule has 134 valence electrons. The number of likely N-dealkylation sites (tertiary alicyclic amines) is 1. The summed E-state index contributed by atoms with van der Waals surface area (Å²) in [5.41, 5.74) is 4.12. The number of rotatable bonds is 4. The van der Waals surface area contributed by atoms with Crippen molar-refractivity contribution in [2.75, 3.05) is 19.6 Å². The van der Waals surface area contributed by atoms with E-state index in [1.807, 2.05) is 30.3 Å². The first-order valence-electron chi connectivity index (χ1n) is 8.86. The third-order valence-corrected chi connectivity index (χ3v) is 5.30. The number of hydroxylamine groups is 2. The molecule has 5 heteroatoms. The number of carbonyl (C=O) groups is 1. The molecule has 26 heavy (non-hydrogen) atoms. The highest BCUT2D eigenvalue weighted by molar-refractivity contribution is 6.30. The van der Waals surface area contributed by atoms with Crippen LogP contribution in [0.1, 0.15) is 27.9 Å². The largest absolute Gasteiger partial charge is 0.295 e. The first kappa shape index (κ1) is 17.3. The molecule has 1 fully saturated rings. The second kappa shape index (κ2) is 7.62. The third-order valence-electron chi connectivity index (χ3n) is 4.91. The van der Waals surface area contributed by atoms with Gasteiger partial charge in [-0.15, -0.1) is 0 Å². The van der Waals surface area contributed by atoms with Crippen molar-refractivity contribution in [2.24, 2.45) is 0 Å². The molecule has 1 amide bonds. The molecule has 4 rings (SSSR count). The van der Waals surface area contributed by atoms with E-state index in [1.165, 1.54) is 16.2 Å². The maximum atomic E-state index is 12.6. The van der Waals surface area contributed by atoms with Crippen molar-refractivity contribution in [3.8, 4) is 0 Å². The van der Waals surface area contributed by atoms with Crippen LogP contribution in [0.25, 0.3) is 0 Å². The summed E-state index contributed by atoms with van der Waals surface area (Å²) in [6.45, 7) is 3.45. The van der Waals surface area contributed by atoms with Crippen molar-refractivity contribution >= 4 is 17.5 Å². The molecule has 0 unspecified atom stereocenters. The Morgan fingerprint density at radius 2 is 1.85 bits per heavy atom. The number of amides is 1. The SMILES string of the molecule is O=C1c2ccccc2CON1C/C(Cl)=C1\CCN(Cc2ccccc2)C1. The summed E-state index contributed by atoms with van der Waals surface area (Å²) < 4.78 is 0. The number of hydrogen-bond acceptors (Lipinski definition) is 3. The van der Waals surface area contributed by atoms with E-state index in [-0.39, 0.29) is 5.91 Å². The minimum Gasteiger partial charge on any atom is -0.295 e. The Labute approximate surface area is 158 Å². The normalized spacial score (nSPS) is 19.6. The monoisotopic (exact) mass is 368 g/mol. The second-order valence-electron chi connectivity index (χ2n) is 6.73. The zero-order valence-corrected chi connectivity index (χ0v) is 15.3. The molecule has 0 saturated carbocycles. The fourth-order valence-corrected chi connectivity index (χ4v) is 3.73. The number of halogens is 1. The van der Waals surface area contributed by atoms with Crippen molar-refractivity contribution in [1.29, 1.82) is 0 Å². The van der Waals surface area contributed by atoms with Crippen LogP contribution < -0.4 is 0 Å². The molecule has 2 heterocycles. The summed E-state index contributed by atoms with van der Waals surface area (Å²) in [5, 5.41) is 2.10. The summed E-state index contributed by atoms with van der Waals surface area (Å²) in [6.07, 6.45) is 0.935. The maximum absolute atomic E-state index is 12.6. The lowest BCUT2D eigenvalue weighted by molar-refractivity contribution is -0.134. The molecule has 1 saturated heterocycles. The summed E-state index contributed by atoms with van der Waals surface area (Å²) in [4.78, 5) is 20.6. The van der Waals surface area contributed by atoms with Crippen molar-refractivity contribution < 1.29 is 9.63 Å². The Morgan fingerprint density at radius 3 is 2.69 bits per heavy atom. The standard InChI is InChI=1S/C21H21ClN2O2/c22-20(14-24-21(25)19-9-5-4-8-18(19)15-26-24)17-10-11-23(13-17)12-16-6-2-1-3-7-16/h1-9H,10-15H2/b20-17-. The summed E-state index contributed by atoms with van der Waals surface area (Å²) >= 11 is 6.56. The number of nitrogens with zero attached hydrogens (tertiary/aromatic N) is 2. The minimum absolute atomic E-state index is 0.121. The average molecular weight is 369 g/mol. The van der Waals surface area contributed by atoms with Gasteiger partial charge in [0.1, 0.15) is 6.61 Å². The van der Waals surface area contributed by atoms with Gasteiger partial charge in [-0.1, -0.05) is 60.1 Å². The molecule has 0 radical (unpaired) electrons. The highest BCUT2D eigenvalue weighted by Gasteiger charge is 2.27. The van der Waals surface area contributed by atoms with E-state index in [1.54, 1.807) is 0 Å². The second-order valence-corrected chi connectivity index (χ2v) is 7.18. The Kier molecular flexibility index (Phi) is 5.07. The van der Waals surface area contributed by atoms with Crippen LogP contribution in [0, 0.1) is 0 Å². The van der Waals surface area contributed by atoms with Crippen LogP contribution in [0.3, 0.4) is 0 Å². The predicted octanol–water partition coefficient (Wildman–Crippen LogP) is 3.97. The summed E-state index contributed by atoms with van der Waals surface area (Å²) in [6, 6.07) is 18.0. The van der Waals surface area contributed by atoms with E-state index in [2.05, 4.69) is 29.2 Å². The van der Waals surface area contributed by atoms with Crippen LogP contribution in [0.15, 0.2) is 65.2 Å². The van der Waals surface area contributed by atoms with Crippen LogP contribution in [-0.4, -0.2) is 35.5 Å². The van der Waals surface area contributed by atoms with Crippen LogP contribution in [-0.2, 0) is 18.0 Å². The van der Waals surface area contributed by atoms with E-state index in [0.29, 0.717) is 23.7 Å². The summed E-state index contributed by atoms with van der Waals surface area (Å²) in [5.74, 6) is -0.121. The molecule has 2 aliphatic rings. The predicted molar refractivity (Wildman–Crippen MR) is 101 cm³/mol. The number of fused-ring (bicyclic) bond motifs is 1. The summed E-state index contributed by atoms with van der Waals surface area (Å²) in [7, 11) is 0. The first-order valence-corrected chi connectivity index (χ1v) is 9.24. The van der Waals surface area contributed by atoms with E-state index < -0.39 is 0 Å². The van der Waals surface area contributed by atoms with Gasteiger partial charge in [-0.25, -0.2) is 5.06 Å². The van der Waals surface area contributed by atoms with Crippen molar-refractivity contribution in [1.82, 2.24) is 9.96 Å². The topological polar surface area (TPSA) is 32.8 Å². The quantitative estimate of drug-likeness (QED) is 0.818. The minimum atomic E-state index is -0.121. The zero-order chi connectivity index (χ0) is 17.9. The Bertz CT molecular complexity index is 835. The third kappa shape index (κ3) is 3.68. The van der Waals surface area contributed by atoms with Crippen LogP contribution >= 0.6 is 11.6 Å². The van der Waals surface area contributed by atoms with Gasteiger partial charge in [0.05, 0.1) is 6.54 Å². The fourth-order valence-electron chi connectivity index (χ4n) is 3.47. The van der Waals surface area contributed by atoms with Crippen molar-refractivity contribution in [2.45, 2.75) is 19.6 Å². The fraction of sp³-hybridized carbons (Fsp3) is 0.286. The van der Waals surface area contributed by atoms with Crippen LogP contribution in [0.5, 0.6) is 0 Å². The molecular weight excluding hydrogens is 348 g/mol. The first-order chi connectivity index (χ1) is 12.7. The Balaban J connectivity index is 1.40. The lowest BCUT2D eigenvalue weighted by atomic mass is 10.1. The lowest BCUT2D eigenvalue weighted by Crippen LogP contribution is -2.36. The van der Waals surface area contributed by atoms with Gasteiger partial charge in [-0.05, 0) is 29.2 Å². The van der Waals surface area contributed by atoms with Gasteiger partial charge in [0.15, 0.2) is 0 Å². The van der Waals surface area contributed by atoms with Gasteiger partial charge < -0.3 is 0 Å². The molecule has 2 aliphatic heterocycles. The lowest BCUT2D eigenvalue weighted by Gasteiger charge is -2.27. The van der Waals surface area contributed by atoms with Gasteiger partial charge in [0, 0.05) is 30.2 Å². The number of benzene rings is 2. The molecule has 0 aliphatic carbocycles. The Morgan fingerprint density at radius 1 is 1.08 bits per heavy atom. The number of carbonyl (C=O) groups excluding carboxylic acids is 1. The van der Waals surface area contributed by atoms with E-state index in [4.69, 9.17) is 16.4 Å². The van der Waals surface area contributed by atoms with Crippen molar-refractivity contribution in [3.63, 3.8) is 0 Å². The van der Waals surface area contributed by atoms with Gasteiger partial charge >= 0.3 is 0 Å². The highest BCUT2D eigenvalue weighted by atomic mass is 35.5. The van der Waals surface area contributed by atoms with E-state index in [9.17, 15) is 4.79 Å². The highest BCUT2D eigenvalue weighted by Crippen LogP contribution is 2.26. The molecular formula is C21H21ClN2O2. The van der Waals surface area contributed by atoms with E-state index in [0.717, 1.165) is 31.6 Å². The average Bonchev–Trinajstić information content (AvgIpc) is 3.14. The molecule has 2 aromatic rings. The zero-order valence-electron chi connectivity index (χ0n) is 14.5. The van der Waals surface area contributed by atoms with Gasteiger partial charge in [0.25, 0.3) is 5.91 Å². The van der Waals surface area contributed by atoms with E-state index >= 15 is 0 Å². The maximum Gasteiger partial charge on any atom is 0.278 e. The van der Waals surface area contributed by atoms with Gasteiger partial charge in [0.2, 0.25) is 0 Å². The van der Waals surface area contributed by atoms with Crippen LogP contribution in [0.4, 0.5) is 0 Å². The Hall–Kier alpha value is -2.14. The van der Waals surface area contributed by atoms with Gasteiger partial charge in [-0.3, -0.25) is 14.5 Å².